The predicted molar refractivity (Wildman–Crippen MR) is 86.0 cm³/mol. The number of aromatic nitrogens is 2. The third-order valence-corrected chi connectivity index (χ3v) is 2.71. The van der Waals surface area contributed by atoms with Crippen LogP contribution in [0.1, 0.15) is 38.1 Å². The van der Waals surface area contributed by atoms with Gasteiger partial charge in [-0.05, 0) is 42.7 Å². The van der Waals surface area contributed by atoms with Crippen LogP contribution in [0.2, 0.25) is 0 Å². The minimum Gasteiger partial charge on any atom is -0.384 e. The van der Waals surface area contributed by atoms with E-state index >= 15 is 0 Å². The molecule has 0 aromatic carbocycles. The molecule has 0 fully saturated rings. The largest absolute Gasteiger partial charge is 0.384 e. The van der Waals surface area contributed by atoms with E-state index in [2.05, 4.69) is 16.5 Å². The van der Waals surface area contributed by atoms with Crippen molar-refractivity contribution in [1.82, 2.24) is 9.97 Å². The van der Waals surface area contributed by atoms with Gasteiger partial charge in [0.05, 0.1) is 5.69 Å². The number of anilines is 2. The van der Waals surface area contributed by atoms with Gasteiger partial charge in [0.15, 0.2) is 0 Å². The quantitative estimate of drug-likeness (QED) is 0.885. The summed E-state index contributed by atoms with van der Waals surface area (Å²) in [6.07, 6.45) is 0. The van der Waals surface area contributed by atoms with Gasteiger partial charge < -0.3 is 11.5 Å². The van der Waals surface area contributed by atoms with Gasteiger partial charge >= 0.3 is 0 Å². The molecule has 6 heteroatoms. The van der Waals surface area contributed by atoms with Crippen molar-refractivity contribution in [2.45, 2.75) is 26.7 Å². The molecule has 0 atom stereocenters. The van der Waals surface area contributed by atoms with E-state index in [1.54, 1.807) is 6.92 Å². The number of halogens is 2. The maximum absolute atomic E-state index is 12.9. The molecule has 0 aliphatic heterocycles. The lowest BCUT2D eigenvalue weighted by atomic mass is 10.1. The molecule has 2 rings (SSSR count). The Balaban J connectivity index is 0.000000220. The number of pyridine rings is 2. The van der Waals surface area contributed by atoms with Crippen molar-refractivity contribution >= 4 is 17.2 Å². The Labute approximate surface area is 128 Å². The second kappa shape index (κ2) is 7.49. The van der Waals surface area contributed by atoms with Gasteiger partial charge in [0.25, 0.3) is 0 Å². The van der Waals surface area contributed by atoms with Crippen LogP contribution in [-0.4, -0.2) is 9.97 Å². The predicted octanol–water partition coefficient (Wildman–Crippen LogP) is 3.76. The molecule has 0 radical (unpaired) electrons. The lowest BCUT2D eigenvalue weighted by Crippen LogP contribution is -2.00. The van der Waals surface area contributed by atoms with Crippen LogP contribution < -0.4 is 11.5 Å². The van der Waals surface area contributed by atoms with Crippen LogP contribution in [0, 0.1) is 11.6 Å². The van der Waals surface area contributed by atoms with Crippen LogP contribution in [0.15, 0.2) is 30.8 Å². The third kappa shape index (κ3) is 4.80. The van der Waals surface area contributed by atoms with Crippen LogP contribution in [0.3, 0.4) is 0 Å². The van der Waals surface area contributed by atoms with Crippen molar-refractivity contribution in [3.8, 4) is 0 Å². The normalized spacial score (nSPS) is 10.1. The lowest BCUT2D eigenvalue weighted by molar-refractivity contribution is 0.585. The highest BCUT2D eigenvalue weighted by Crippen LogP contribution is 2.16. The van der Waals surface area contributed by atoms with E-state index in [4.69, 9.17) is 11.5 Å². The number of nitrogens with two attached hydrogens (primary N) is 2. The van der Waals surface area contributed by atoms with Crippen molar-refractivity contribution in [2.75, 3.05) is 11.5 Å². The maximum atomic E-state index is 12.9. The first-order valence-corrected chi connectivity index (χ1v) is 6.72. The first-order valence-electron chi connectivity index (χ1n) is 6.72. The van der Waals surface area contributed by atoms with Crippen LogP contribution in [-0.2, 0) is 0 Å². The average molecular weight is 306 g/mol. The lowest BCUT2D eigenvalue weighted by Gasteiger charge is -2.05. The number of hydrogen-bond donors (Lipinski definition) is 2. The topological polar surface area (TPSA) is 77.8 Å². The Morgan fingerprint density at radius 2 is 1.50 bits per heavy atom. The Bertz CT molecular complexity index is 669. The summed E-state index contributed by atoms with van der Waals surface area (Å²) in [5, 5.41) is 0. The molecule has 0 saturated carbocycles. The summed E-state index contributed by atoms with van der Waals surface area (Å²) in [5.74, 6) is 0.0962. The molecule has 0 aliphatic carbocycles. The van der Waals surface area contributed by atoms with Gasteiger partial charge in [0.1, 0.15) is 29.0 Å². The summed E-state index contributed by atoms with van der Waals surface area (Å²) in [6.45, 7) is 9.01. The molecule has 0 bridgehead atoms. The van der Waals surface area contributed by atoms with Crippen molar-refractivity contribution in [3.05, 3.63) is 53.9 Å². The van der Waals surface area contributed by atoms with Gasteiger partial charge in [-0.25, -0.2) is 18.7 Å². The zero-order valence-electron chi connectivity index (χ0n) is 12.9. The fourth-order valence-corrected chi connectivity index (χ4v) is 1.64. The van der Waals surface area contributed by atoms with Gasteiger partial charge in [-0.15, -0.1) is 0 Å². The summed E-state index contributed by atoms with van der Waals surface area (Å²) in [7, 11) is 0. The highest BCUT2D eigenvalue weighted by molar-refractivity contribution is 5.59. The molecule has 2 heterocycles. The van der Waals surface area contributed by atoms with Crippen LogP contribution in [0.5, 0.6) is 0 Å². The zero-order chi connectivity index (χ0) is 16.9. The number of nitrogen functional groups attached to an aromatic ring is 2. The molecule has 0 amide bonds. The molecule has 0 unspecified atom stereocenters. The number of nitrogens with zero attached hydrogens (tertiary/aromatic N) is 2. The van der Waals surface area contributed by atoms with Crippen molar-refractivity contribution in [1.29, 1.82) is 0 Å². The maximum Gasteiger partial charge on any atom is 0.149 e. The third-order valence-electron chi connectivity index (χ3n) is 2.71. The molecule has 22 heavy (non-hydrogen) atoms. The van der Waals surface area contributed by atoms with E-state index < -0.39 is 0 Å². The van der Waals surface area contributed by atoms with Crippen molar-refractivity contribution in [2.24, 2.45) is 0 Å². The molecule has 2 aromatic rings. The van der Waals surface area contributed by atoms with E-state index in [-0.39, 0.29) is 23.2 Å². The van der Waals surface area contributed by atoms with Crippen molar-refractivity contribution < 1.29 is 8.78 Å². The Kier molecular flexibility index (Phi) is 5.98. The number of hydrogen-bond acceptors (Lipinski definition) is 4. The Morgan fingerprint density at radius 3 is 1.91 bits per heavy atom. The summed E-state index contributed by atoms with van der Waals surface area (Å²) in [6, 6.07) is 5.51. The fourth-order valence-electron chi connectivity index (χ4n) is 1.64. The molecule has 0 spiro atoms. The van der Waals surface area contributed by atoms with E-state index in [1.165, 1.54) is 24.3 Å². The molecule has 0 aliphatic rings. The average Bonchev–Trinajstić information content (AvgIpc) is 2.44. The molecule has 0 saturated heterocycles. The summed E-state index contributed by atoms with van der Waals surface area (Å²) in [5.41, 5.74) is 12.0. The van der Waals surface area contributed by atoms with Gasteiger partial charge in [-0.1, -0.05) is 20.4 Å². The highest BCUT2D eigenvalue weighted by atomic mass is 19.1. The molecule has 4 nitrogen and oxygen atoms in total. The van der Waals surface area contributed by atoms with E-state index in [9.17, 15) is 8.78 Å². The number of allylic oxidation sites excluding steroid dienone is 1. The Hall–Kier alpha value is -2.50. The van der Waals surface area contributed by atoms with Gasteiger partial charge in [-0.2, -0.15) is 0 Å². The second-order valence-corrected chi connectivity index (χ2v) is 5.10. The van der Waals surface area contributed by atoms with E-state index in [0.29, 0.717) is 22.9 Å². The Morgan fingerprint density at radius 1 is 1.00 bits per heavy atom. The molecule has 4 N–H and O–H groups in total. The van der Waals surface area contributed by atoms with Crippen LogP contribution >= 0.6 is 0 Å². The highest BCUT2D eigenvalue weighted by Gasteiger charge is 2.07. The van der Waals surface area contributed by atoms with Gasteiger partial charge in [0.2, 0.25) is 0 Å². The molecular weight excluding hydrogens is 286 g/mol. The van der Waals surface area contributed by atoms with Crippen LogP contribution in [0.4, 0.5) is 20.4 Å². The summed E-state index contributed by atoms with van der Waals surface area (Å²) < 4.78 is 25.7. The zero-order valence-corrected chi connectivity index (χ0v) is 12.9. The van der Waals surface area contributed by atoms with Gasteiger partial charge in [0, 0.05) is 0 Å². The minimum absolute atomic E-state index is 0.0819. The standard InChI is InChI=1S/C8H11FN2.C8H9FN2/c2*1-5(2)8-6(9)3-4-7(10)11-8/h3-5H,1-2H3,(H2,10,11);3-4H,1H2,2H3,(H2,10,11). The minimum atomic E-state index is -0.383. The van der Waals surface area contributed by atoms with Gasteiger partial charge in [-0.3, -0.25) is 0 Å². The summed E-state index contributed by atoms with van der Waals surface area (Å²) >= 11 is 0. The van der Waals surface area contributed by atoms with Crippen molar-refractivity contribution in [3.63, 3.8) is 0 Å². The number of rotatable bonds is 2. The second-order valence-electron chi connectivity index (χ2n) is 5.10. The molecular formula is C16H20F2N4. The van der Waals surface area contributed by atoms with Crippen LogP contribution in [0.25, 0.3) is 5.57 Å². The van der Waals surface area contributed by atoms with E-state index in [0.717, 1.165) is 0 Å². The monoisotopic (exact) mass is 306 g/mol. The fraction of sp³-hybridized carbons (Fsp3) is 0.250. The molecule has 118 valence electrons. The molecule has 2 aromatic heterocycles. The van der Waals surface area contributed by atoms with E-state index in [1.807, 2.05) is 13.8 Å². The summed E-state index contributed by atoms with van der Waals surface area (Å²) in [4.78, 5) is 7.65. The first kappa shape index (κ1) is 17.6. The first-order chi connectivity index (χ1) is 10.2. The SMILES string of the molecule is C=C(C)c1nc(N)ccc1F.CC(C)c1nc(N)ccc1F. The smallest absolute Gasteiger partial charge is 0.149 e.